The monoisotopic (exact) mass is 466 g/mol. The minimum Gasteiger partial charge on any atom is -0.335 e. The van der Waals surface area contributed by atoms with Crippen molar-refractivity contribution in [2.24, 2.45) is 0 Å². The Hall–Kier alpha value is -2.13. The lowest BCUT2D eigenvalue weighted by atomic mass is 9.96. The highest BCUT2D eigenvalue weighted by molar-refractivity contribution is 7.13. The molecule has 2 fully saturated rings. The van der Waals surface area contributed by atoms with Gasteiger partial charge in [-0.25, -0.2) is 9.78 Å². The molecule has 1 aromatic carbocycles. The molecule has 0 bridgehead atoms. The summed E-state index contributed by atoms with van der Waals surface area (Å²) in [5.74, 6) is 0. The highest BCUT2D eigenvalue weighted by Gasteiger charge is 2.30. The first-order valence-corrected chi connectivity index (χ1v) is 12.2. The summed E-state index contributed by atoms with van der Waals surface area (Å²) in [6, 6.07) is 5.59. The number of rotatable bonds is 5. The van der Waals surface area contributed by atoms with Gasteiger partial charge in [0, 0.05) is 42.7 Å². The number of carbonyl (C=O) groups is 1. The number of halogens is 3. The van der Waals surface area contributed by atoms with Crippen LogP contribution >= 0.6 is 11.3 Å². The minimum atomic E-state index is -4.33. The van der Waals surface area contributed by atoms with Gasteiger partial charge in [-0.3, -0.25) is 4.90 Å². The van der Waals surface area contributed by atoms with Crippen molar-refractivity contribution in [2.45, 2.75) is 69.8 Å². The first kappa shape index (κ1) is 23.0. The van der Waals surface area contributed by atoms with Gasteiger partial charge >= 0.3 is 12.2 Å². The van der Waals surface area contributed by atoms with Crippen LogP contribution in [0.1, 0.15) is 56.2 Å². The molecule has 2 heterocycles. The maximum Gasteiger partial charge on any atom is 0.416 e. The molecule has 0 unspecified atom stereocenters. The van der Waals surface area contributed by atoms with Gasteiger partial charge in [-0.15, -0.1) is 11.3 Å². The Bertz CT molecular complexity index is 885. The number of amides is 2. The second-order valence-corrected chi connectivity index (χ2v) is 9.58. The molecule has 1 saturated carbocycles. The molecule has 0 atom stereocenters. The third-order valence-electron chi connectivity index (χ3n) is 6.26. The number of aromatic nitrogens is 1. The third-order valence-corrected chi connectivity index (χ3v) is 7.20. The molecule has 0 spiro atoms. The number of benzene rings is 1. The van der Waals surface area contributed by atoms with E-state index >= 15 is 0 Å². The number of likely N-dealkylation sites (tertiary alicyclic amines) is 1. The molecule has 9 heteroatoms. The predicted octanol–water partition coefficient (Wildman–Crippen LogP) is 5.43. The zero-order chi connectivity index (χ0) is 22.6. The van der Waals surface area contributed by atoms with Crippen LogP contribution in [0.2, 0.25) is 0 Å². The quantitative estimate of drug-likeness (QED) is 0.618. The molecular formula is C23H29F3N4OS. The van der Waals surface area contributed by atoms with Gasteiger partial charge in [-0.1, -0.05) is 31.4 Å². The number of hydrogen-bond donors (Lipinski definition) is 2. The SMILES string of the molecule is O=C(NC1CCCCC1)NC1CCN(Cc2csc(-c3ccc(C(F)(F)F)cc3)n2)CC1. The van der Waals surface area contributed by atoms with Gasteiger partial charge < -0.3 is 10.6 Å². The molecule has 2 aromatic rings. The maximum atomic E-state index is 12.7. The Balaban J connectivity index is 1.22. The highest BCUT2D eigenvalue weighted by atomic mass is 32.1. The lowest BCUT2D eigenvalue weighted by Crippen LogP contribution is -2.50. The predicted molar refractivity (Wildman–Crippen MR) is 119 cm³/mol. The van der Waals surface area contributed by atoms with Crippen LogP contribution in [0.5, 0.6) is 0 Å². The van der Waals surface area contributed by atoms with E-state index < -0.39 is 11.7 Å². The van der Waals surface area contributed by atoms with Crippen molar-refractivity contribution >= 4 is 17.4 Å². The van der Waals surface area contributed by atoms with Crippen molar-refractivity contribution in [1.29, 1.82) is 0 Å². The normalized spacial score (nSPS) is 19.1. The van der Waals surface area contributed by atoms with Gasteiger partial charge in [-0.05, 0) is 37.8 Å². The fraction of sp³-hybridized carbons (Fsp3) is 0.565. The number of alkyl halides is 3. The summed E-state index contributed by atoms with van der Waals surface area (Å²) in [6.45, 7) is 2.46. The topological polar surface area (TPSA) is 57.3 Å². The Morgan fingerprint density at radius 3 is 2.25 bits per heavy atom. The van der Waals surface area contributed by atoms with E-state index in [0.717, 1.165) is 61.6 Å². The fourth-order valence-corrected chi connectivity index (χ4v) is 5.25. The van der Waals surface area contributed by atoms with Crippen molar-refractivity contribution in [3.8, 4) is 10.6 Å². The highest BCUT2D eigenvalue weighted by Crippen LogP contribution is 2.32. The van der Waals surface area contributed by atoms with Crippen LogP contribution in [-0.2, 0) is 12.7 Å². The zero-order valence-electron chi connectivity index (χ0n) is 18.0. The number of carbonyl (C=O) groups excluding carboxylic acids is 1. The number of urea groups is 1. The van der Waals surface area contributed by atoms with E-state index in [1.165, 1.54) is 42.7 Å². The van der Waals surface area contributed by atoms with E-state index in [4.69, 9.17) is 0 Å². The van der Waals surface area contributed by atoms with E-state index in [1.807, 2.05) is 5.38 Å². The molecule has 2 aliphatic rings. The molecule has 0 radical (unpaired) electrons. The smallest absolute Gasteiger partial charge is 0.335 e. The lowest BCUT2D eigenvalue weighted by molar-refractivity contribution is -0.137. The van der Waals surface area contributed by atoms with Crippen LogP contribution in [0, 0.1) is 0 Å². The molecule has 2 amide bonds. The largest absolute Gasteiger partial charge is 0.416 e. The summed E-state index contributed by atoms with van der Waals surface area (Å²) in [5, 5.41) is 8.93. The van der Waals surface area contributed by atoms with Gasteiger partial charge in [0.05, 0.1) is 11.3 Å². The number of nitrogens with one attached hydrogen (secondary N) is 2. The van der Waals surface area contributed by atoms with Gasteiger partial charge in [-0.2, -0.15) is 13.2 Å². The fourth-order valence-electron chi connectivity index (χ4n) is 4.44. The number of nitrogens with zero attached hydrogens (tertiary/aromatic N) is 2. The first-order chi connectivity index (χ1) is 15.4. The van der Waals surface area contributed by atoms with Crippen molar-refractivity contribution in [3.63, 3.8) is 0 Å². The number of thiazole rings is 1. The Kier molecular flexibility index (Phi) is 7.35. The second-order valence-electron chi connectivity index (χ2n) is 8.72. The molecule has 1 aromatic heterocycles. The van der Waals surface area contributed by atoms with Crippen molar-refractivity contribution in [1.82, 2.24) is 20.5 Å². The minimum absolute atomic E-state index is 0.0453. The average Bonchev–Trinajstić information content (AvgIpc) is 3.24. The molecule has 5 nitrogen and oxygen atoms in total. The van der Waals surface area contributed by atoms with Crippen LogP contribution in [0.15, 0.2) is 29.6 Å². The van der Waals surface area contributed by atoms with E-state index in [1.54, 1.807) is 0 Å². The van der Waals surface area contributed by atoms with E-state index in [9.17, 15) is 18.0 Å². The summed E-state index contributed by atoms with van der Waals surface area (Å²) >= 11 is 1.45. The second kappa shape index (κ2) is 10.2. The van der Waals surface area contributed by atoms with Gasteiger partial charge in [0.1, 0.15) is 5.01 Å². The standard InChI is InChI=1S/C23H29F3N4OS/c24-23(25,26)17-8-6-16(7-9-17)21-27-20(15-32-21)14-30-12-10-19(11-13-30)29-22(31)28-18-4-2-1-3-5-18/h6-9,15,18-19H,1-5,10-14H2,(H2,28,29,31). The summed E-state index contributed by atoms with van der Waals surface area (Å²) < 4.78 is 38.2. The molecule has 1 aliphatic heterocycles. The van der Waals surface area contributed by atoms with E-state index in [2.05, 4.69) is 20.5 Å². The molecular weight excluding hydrogens is 437 g/mol. The third kappa shape index (κ3) is 6.22. The molecule has 32 heavy (non-hydrogen) atoms. The van der Waals surface area contributed by atoms with Gasteiger partial charge in [0.25, 0.3) is 0 Å². The van der Waals surface area contributed by atoms with Crippen molar-refractivity contribution < 1.29 is 18.0 Å². The number of piperidine rings is 1. The summed E-state index contributed by atoms with van der Waals surface area (Å²) in [4.78, 5) is 19.2. The van der Waals surface area contributed by atoms with Crippen molar-refractivity contribution in [3.05, 3.63) is 40.9 Å². The lowest BCUT2D eigenvalue weighted by Gasteiger charge is -2.32. The first-order valence-electron chi connectivity index (χ1n) is 11.3. The molecule has 2 N–H and O–H groups in total. The van der Waals surface area contributed by atoms with Gasteiger partial charge in [0.2, 0.25) is 0 Å². The summed E-state index contributed by atoms with van der Waals surface area (Å²) in [6.07, 6.45) is 3.28. The zero-order valence-corrected chi connectivity index (χ0v) is 18.8. The van der Waals surface area contributed by atoms with Gasteiger partial charge in [0.15, 0.2) is 0 Å². The number of hydrogen-bond acceptors (Lipinski definition) is 4. The molecule has 1 aliphatic carbocycles. The van der Waals surface area contributed by atoms with Crippen LogP contribution in [-0.4, -0.2) is 41.1 Å². The van der Waals surface area contributed by atoms with E-state index in [0.29, 0.717) is 18.2 Å². The van der Waals surface area contributed by atoms with Crippen molar-refractivity contribution in [2.75, 3.05) is 13.1 Å². The molecule has 1 saturated heterocycles. The summed E-state index contributed by atoms with van der Waals surface area (Å²) in [5.41, 5.74) is 0.967. The average molecular weight is 467 g/mol. The Morgan fingerprint density at radius 2 is 1.62 bits per heavy atom. The maximum absolute atomic E-state index is 12.7. The summed E-state index contributed by atoms with van der Waals surface area (Å²) in [7, 11) is 0. The Morgan fingerprint density at radius 1 is 1.00 bits per heavy atom. The van der Waals surface area contributed by atoms with Crippen LogP contribution < -0.4 is 10.6 Å². The molecule has 174 valence electrons. The molecule has 4 rings (SSSR count). The van der Waals surface area contributed by atoms with Crippen LogP contribution in [0.3, 0.4) is 0 Å². The van der Waals surface area contributed by atoms with Crippen LogP contribution in [0.4, 0.5) is 18.0 Å². The Labute approximate surface area is 190 Å². The van der Waals surface area contributed by atoms with E-state index in [-0.39, 0.29) is 12.1 Å². The van der Waals surface area contributed by atoms with Crippen LogP contribution in [0.25, 0.3) is 10.6 Å².